The Morgan fingerprint density at radius 1 is 1.56 bits per heavy atom. The lowest BCUT2D eigenvalue weighted by Crippen LogP contribution is -1.81. The molecule has 82 valence electrons. The molecule has 0 aromatic carbocycles. The lowest BCUT2D eigenvalue weighted by Gasteiger charge is -1.93. The first-order valence-corrected chi connectivity index (χ1v) is 5.51. The molecule has 0 atom stereocenters. The van der Waals surface area contributed by atoms with Crippen LogP contribution in [0, 0.1) is 0 Å². The van der Waals surface area contributed by atoms with E-state index in [1.807, 2.05) is 5.38 Å². The molecule has 1 N–H and O–H groups in total. The molecule has 0 amide bonds. The highest BCUT2D eigenvalue weighted by atomic mass is 32.1. The molecule has 0 saturated carbocycles. The fraction of sp³-hybridized carbons (Fsp3) is 0.0909. The van der Waals surface area contributed by atoms with Crippen LogP contribution in [0.15, 0.2) is 36.1 Å². The lowest BCUT2D eigenvalue weighted by molar-refractivity contribution is 0.342. The normalized spacial score (nSPS) is 11.8. The molecule has 2 rings (SSSR count). The minimum absolute atomic E-state index is 0.299. The molecule has 0 aliphatic carbocycles. The van der Waals surface area contributed by atoms with Gasteiger partial charge in [-0.1, -0.05) is 0 Å². The Kier molecular flexibility index (Phi) is 3.38. The summed E-state index contributed by atoms with van der Waals surface area (Å²) in [4.78, 5) is 8.38. The number of thiophene rings is 1. The number of hydrogen-bond donors (Lipinski definition) is 1. The molecule has 16 heavy (non-hydrogen) atoms. The number of aliphatic hydroxyl groups excluding tert-OH is 1. The smallest absolute Gasteiger partial charge is 0.138 e. The Bertz CT molecular complexity index is 496. The van der Waals surface area contributed by atoms with Crippen molar-refractivity contribution in [1.82, 2.24) is 9.97 Å². The summed E-state index contributed by atoms with van der Waals surface area (Å²) in [5, 5.41) is 10.4. The van der Waals surface area contributed by atoms with Crippen LogP contribution in [0.4, 0.5) is 4.39 Å². The third-order valence-corrected chi connectivity index (χ3v) is 2.92. The second-order valence-electron chi connectivity index (χ2n) is 3.03. The maximum atomic E-state index is 13.3. The van der Waals surface area contributed by atoms with Crippen LogP contribution in [0.1, 0.15) is 4.88 Å². The van der Waals surface area contributed by atoms with Crippen molar-refractivity contribution < 1.29 is 9.50 Å². The third-order valence-electron chi connectivity index (χ3n) is 1.98. The van der Waals surface area contributed by atoms with Gasteiger partial charge in [0.1, 0.15) is 12.2 Å². The number of rotatable bonds is 3. The van der Waals surface area contributed by atoms with Crippen molar-refractivity contribution >= 4 is 17.2 Å². The second kappa shape index (κ2) is 4.96. The van der Waals surface area contributed by atoms with Crippen LogP contribution < -0.4 is 0 Å². The van der Waals surface area contributed by atoms with E-state index in [-0.39, 0.29) is 6.61 Å². The maximum absolute atomic E-state index is 13.3. The van der Waals surface area contributed by atoms with Gasteiger partial charge in [0.15, 0.2) is 0 Å². The van der Waals surface area contributed by atoms with E-state index in [1.54, 1.807) is 18.3 Å². The summed E-state index contributed by atoms with van der Waals surface area (Å²) in [6.07, 6.45) is 4.22. The molecule has 0 unspecified atom stereocenters. The monoisotopic (exact) mass is 236 g/mol. The zero-order chi connectivity index (χ0) is 11.4. The zero-order valence-corrected chi connectivity index (χ0v) is 9.12. The summed E-state index contributed by atoms with van der Waals surface area (Å²) < 4.78 is 13.3. The summed E-state index contributed by atoms with van der Waals surface area (Å²) in [5.74, 6) is -0.409. The minimum atomic E-state index is -0.409. The van der Waals surface area contributed by atoms with Crippen molar-refractivity contribution in [1.29, 1.82) is 0 Å². The van der Waals surface area contributed by atoms with Crippen LogP contribution in [0.25, 0.3) is 17.1 Å². The Balaban J connectivity index is 2.30. The third kappa shape index (κ3) is 2.32. The number of hydrogen-bond acceptors (Lipinski definition) is 4. The van der Waals surface area contributed by atoms with E-state index >= 15 is 0 Å². The average molecular weight is 236 g/mol. The van der Waals surface area contributed by atoms with Gasteiger partial charge in [-0.05, 0) is 18.2 Å². The zero-order valence-electron chi connectivity index (χ0n) is 8.30. The quantitative estimate of drug-likeness (QED) is 0.890. The van der Waals surface area contributed by atoms with E-state index in [2.05, 4.69) is 9.97 Å². The predicted molar refractivity (Wildman–Crippen MR) is 61.5 cm³/mol. The maximum Gasteiger partial charge on any atom is 0.138 e. The molecular weight excluding hydrogens is 227 g/mol. The number of nitrogens with zero attached hydrogens (tertiary/aromatic N) is 2. The second-order valence-corrected chi connectivity index (χ2v) is 3.94. The van der Waals surface area contributed by atoms with E-state index in [0.29, 0.717) is 4.88 Å². The minimum Gasteiger partial charge on any atom is -0.392 e. The number of aliphatic hydroxyl groups is 1. The fourth-order valence-electron chi connectivity index (χ4n) is 1.24. The average Bonchev–Trinajstić information content (AvgIpc) is 2.80. The number of halogens is 1. The summed E-state index contributed by atoms with van der Waals surface area (Å²) in [6.45, 7) is -0.299. The van der Waals surface area contributed by atoms with Gasteiger partial charge >= 0.3 is 0 Å². The van der Waals surface area contributed by atoms with Gasteiger partial charge < -0.3 is 5.11 Å². The SMILES string of the molecule is OCC=C(F)c1cc(-c2ccncn2)cs1. The highest BCUT2D eigenvalue weighted by Crippen LogP contribution is 2.29. The summed E-state index contributed by atoms with van der Waals surface area (Å²) >= 11 is 1.28. The standard InChI is InChI=1S/C11H9FN2OS/c12-9(2-4-15)11-5-8(6-16-11)10-1-3-13-7-14-10/h1-3,5-7,15H,4H2. The van der Waals surface area contributed by atoms with Crippen LogP contribution >= 0.6 is 11.3 Å². The first kappa shape index (κ1) is 10.9. The largest absolute Gasteiger partial charge is 0.392 e. The van der Waals surface area contributed by atoms with Gasteiger partial charge in [-0.2, -0.15) is 0 Å². The molecule has 2 heterocycles. The van der Waals surface area contributed by atoms with Gasteiger partial charge in [-0.15, -0.1) is 11.3 Å². The first-order valence-electron chi connectivity index (χ1n) is 4.63. The van der Waals surface area contributed by atoms with Crippen LogP contribution in [-0.2, 0) is 0 Å². The molecule has 0 saturated heterocycles. The molecule has 3 nitrogen and oxygen atoms in total. The van der Waals surface area contributed by atoms with Gasteiger partial charge in [0.25, 0.3) is 0 Å². The fourth-order valence-corrected chi connectivity index (χ4v) is 2.07. The van der Waals surface area contributed by atoms with Crippen molar-refractivity contribution in [2.75, 3.05) is 6.61 Å². The van der Waals surface area contributed by atoms with Gasteiger partial charge in [0.2, 0.25) is 0 Å². The van der Waals surface area contributed by atoms with Crippen molar-refractivity contribution in [2.45, 2.75) is 0 Å². The van der Waals surface area contributed by atoms with E-state index in [1.165, 1.54) is 17.7 Å². The van der Waals surface area contributed by atoms with Crippen molar-refractivity contribution in [3.8, 4) is 11.3 Å². The van der Waals surface area contributed by atoms with Crippen molar-refractivity contribution in [2.24, 2.45) is 0 Å². The Morgan fingerprint density at radius 3 is 3.12 bits per heavy atom. The molecular formula is C11H9FN2OS. The Morgan fingerprint density at radius 2 is 2.44 bits per heavy atom. The highest BCUT2D eigenvalue weighted by Gasteiger charge is 2.06. The van der Waals surface area contributed by atoms with Gasteiger partial charge in [0.05, 0.1) is 17.2 Å². The highest BCUT2D eigenvalue weighted by molar-refractivity contribution is 7.11. The van der Waals surface area contributed by atoms with E-state index in [0.717, 1.165) is 17.3 Å². The molecule has 2 aromatic rings. The van der Waals surface area contributed by atoms with E-state index < -0.39 is 5.83 Å². The van der Waals surface area contributed by atoms with Crippen LogP contribution in [0.5, 0.6) is 0 Å². The van der Waals surface area contributed by atoms with Crippen LogP contribution in [0.3, 0.4) is 0 Å². The van der Waals surface area contributed by atoms with Gasteiger partial charge in [0, 0.05) is 17.1 Å². The molecule has 2 aromatic heterocycles. The lowest BCUT2D eigenvalue weighted by atomic mass is 10.2. The van der Waals surface area contributed by atoms with E-state index in [4.69, 9.17) is 5.11 Å². The number of aromatic nitrogens is 2. The predicted octanol–water partition coefficient (Wildman–Crippen LogP) is 2.51. The Hall–Kier alpha value is -1.59. The van der Waals surface area contributed by atoms with Gasteiger partial charge in [-0.25, -0.2) is 14.4 Å². The molecule has 0 fully saturated rings. The van der Waals surface area contributed by atoms with Crippen LogP contribution in [-0.4, -0.2) is 21.7 Å². The topological polar surface area (TPSA) is 46.0 Å². The van der Waals surface area contributed by atoms with Gasteiger partial charge in [-0.3, -0.25) is 0 Å². The van der Waals surface area contributed by atoms with Crippen molar-refractivity contribution in [3.63, 3.8) is 0 Å². The Labute approximate surface area is 95.9 Å². The summed E-state index contributed by atoms with van der Waals surface area (Å²) in [7, 11) is 0. The van der Waals surface area contributed by atoms with E-state index in [9.17, 15) is 4.39 Å². The molecule has 0 aliphatic heterocycles. The van der Waals surface area contributed by atoms with Crippen molar-refractivity contribution in [3.05, 3.63) is 41.0 Å². The summed E-state index contributed by atoms with van der Waals surface area (Å²) in [5.41, 5.74) is 1.61. The molecule has 0 spiro atoms. The van der Waals surface area contributed by atoms with Crippen LogP contribution in [0.2, 0.25) is 0 Å². The molecule has 0 radical (unpaired) electrons. The first-order chi connectivity index (χ1) is 7.81. The summed E-state index contributed by atoms with van der Waals surface area (Å²) in [6, 6.07) is 3.47. The molecule has 5 heteroatoms. The molecule has 0 bridgehead atoms. The molecule has 0 aliphatic rings.